The van der Waals surface area contributed by atoms with Gasteiger partial charge in [-0.2, -0.15) is 0 Å². The van der Waals surface area contributed by atoms with Crippen molar-refractivity contribution in [2.24, 2.45) is 0 Å². The van der Waals surface area contributed by atoms with E-state index in [0.29, 0.717) is 17.9 Å². The summed E-state index contributed by atoms with van der Waals surface area (Å²) in [5, 5.41) is 4.44. The van der Waals surface area contributed by atoms with Crippen LogP contribution in [0, 0.1) is 0 Å². The Morgan fingerprint density at radius 2 is 2.04 bits per heavy atom. The van der Waals surface area contributed by atoms with E-state index in [9.17, 15) is 4.79 Å². The summed E-state index contributed by atoms with van der Waals surface area (Å²) >= 11 is 0. The second kappa shape index (κ2) is 8.63. The Morgan fingerprint density at radius 1 is 1.18 bits per heavy atom. The molecule has 0 aliphatic carbocycles. The van der Waals surface area contributed by atoms with Crippen molar-refractivity contribution in [3.63, 3.8) is 0 Å². The molecule has 1 saturated heterocycles. The quantitative estimate of drug-likeness (QED) is 0.628. The Labute approximate surface area is 164 Å². The molecular formula is C22H26N2O4. The van der Waals surface area contributed by atoms with E-state index >= 15 is 0 Å². The Hall–Kier alpha value is -2.57. The molecule has 0 saturated carbocycles. The van der Waals surface area contributed by atoms with Crippen molar-refractivity contribution in [2.45, 2.75) is 31.8 Å². The number of piperidine rings is 1. The summed E-state index contributed by atoms with van der Waals surface area (Å²) in [4.78, 5) is 14.5. The first kappa shape index (κ1) is 18.8. The van der Waals surface area contributed by atoms with Gasteiger partial charge in [-0.15, -0.1) is 0 Å². The second-order valence-corrected chi connectivity index (χ2v) is 7.21. The van der Waals surface area contributed by atoms with Gasteiger partial charge in [0, 0.05) is 30.6 Å². The number of furan rings is 1. The highest BCUT2D eigenvalue weighted by molar-refractivity contribution is 5.81. The predicted octanol–water partition coefficient (Wildman–Crippen LogP) is 3.71. The third-order valence-electron chi connectivity index (χ3n) is 5.39. The van der Waals surface area contributed by atoms with Gasteiger partial charge in [0.25, 0.3) is 0 Å². The standard InChI is InChI=1S/C22H26N2O4/c1-26-17-7-8-18-16(12-22(25)28-21(18)13-17)14-23-15-19(20-6-5-11-27-20)24-9-3-2-4-10-24/h5-8,11-13,19,23H,2-4,9-10,14-15H2,1H3/t19-/m0/s1. The number of rotatable bonds is 7. The number of fused-ring (bicyclic) bond motifs is 1. The number of hydrogen-bond donors (Lipinski definition) is 1. The molecule has 0 radical (unpaired) electrons. The van der Waals surface area contributed by atoms with Crippen LogP contribution in [0.25, 0.3) is 11.0 Å². The number of likely N-dealkylation sites (tertiary alicyclic amines) is 1. The van der Waals surface area contributed by atoms with Crippen LogP contribution in [-0.2, 0) is 6.54 Å². The normalized spacial score (nSPS) is 16.3. The van der Waals surface area contributed by atoms with Gasteiger partial charge in [0.05, 0.1) is 19.4 Å². The maximum atomic E-state index is 12.0. The molecule has 0 unspecified atom stereocenters. The fourth-order valence-electron chi connectivity index (χ4n) is 3.95. The monoisotopic (exact) mass is 382 g/mol. The van der Waals surface area contributed by atoms with Crippen LogP contribution in [-0.4, -0.2) is 31.6 Å². The zero-order valence-corrected chi connectivity index (χ0v) is 16.1. The average molecular weight is 382 g/mol. The lowest BCUT2D eigenvalue weighted by Gasteiger charge is -2.33. The fraction of sp³-hybridized carbons (Fsp3) is 0.409. The number of nitrogens with zero attached hydrogens (tertiary/aromatic N) is 1. The predicted molar refractivity (Wildman–Crippen MR) is 108 cm³/mol. The summed E-state index contributed by atoms with van der Waals surface area (Å²) in [5.74, 6) is 1.65. The molecule has 6 nitrogen and oxygen atoms in total. The lowest BCUT2D eigenvalue weighted by molar-refractivity contribution is 0.142. The van der Waals surface area contributed by atoms with Crippen molar-refractivity contribution in [1.82, 2.24) is 10.2 Å². The molecule has 3 aromatic rings. The first-order valence-corrected chi connectivity index (χ1v) is 9.83. The highest BCUT2D eigenvalue weighted by Crippen LogP contribution is 2.25. The topological polar surface area (TPSA) is 67.8 Å². The van der Waals surface area contributed by atoms with E-state index in [1.807, 2.05) is 24.3 Å². The van der Waals surface area contributed by atoms with Gasteiger partial charge in [-0.25, -0.2) is 4.79 Å². The third-order valence-corrected chi connectivity index (χ3v) is 5.39. The maximum Gasteiger partial charge on any atom is 0.336 e. The summed E-state index contributed by atoms with van der Waals surface area (Å²) in [6, 6.07) is 11.3. The Balaban J connectivity index is 1.50. The molecule has 4 rings (SSSR count). The van der Waals surface area contributed by atoms with Gasteiger partial charge in [0.1, 0.15) is 17.1 Å². The highest BCUT2D eigenvalue weighted by atomic mass is 16.5. The molecule has 3 heterocycles. The zero-order chi connectivity index (χ0) is 19.3. The molecule has 2 aromatic heterocycles. The molecular weight excluding hydrogens is 356 g/mol. The highest BCUT2D eigenvalue weighted by Gasteiger charge is 2.24. The Bertz CT molecular complexity index is 958. The SMILES string of the molecule is COc1ccc2c(CNC[C@@H](c3ccco3)N3CCCCC3)cc(=O)oc2c1. The summed E-state index contributed by atoms with van der Waals surface area (Å²) < 4.78 is 16.3. The van der Waals surface area contributed by atoms with E-state index in [-0.39, 0.29) is 11.7 Å². The number of hydrogen-bond acceptors (Lipinski definition) is 6. The van der Waals surface area contributed by atoms with Crippen molar-refractivity contribution >= 4 is 11.0 Å². The van der Waals surface area contributed by atoms with Crippen molar-refractivity contribution in [2.75, 3.05) is 26.7 Å². The number of nitrogens with one attached hydrogen (secondary N) is 1. The fourth-order valence-corrected chi connectivity index (χ4v) is 3.95. The smallest absolute Gasteiger partial charge is 0.336 e. The van der Waals surface area contributed by atoms with E-state index in [1.54, 1.807) is 25.5 Å². The van der Waals surface area contributed by atoms with Crippen molar-refractivity contribution in [3.05, 3.63) is 64.4 Å². The summed E-state index contributed by atoms with van der Waals surface area (Å²) in [7, 11) is 1.60. The van der Waals surface area contributed by atoms with Crippen molar-refractivity contribution in [3.8, 4) is 5.75 Å². The number of benzene rings is 1. The van der Waals surface area contributed by atoms with E-state index < -0.39 is 0 Å². The average Bonchev–Trinajstić information content (AvgIpc) is 3.25. The maximum absolute atomic E-state index is 12.0. The number of methoxy groups -OCH3 is 1. The van der Waals surface area contributed by atoms with Gasteiger partial charge in [-0.3, -0.25) is 4.90 Å². The molecule has 1 fully saturated rings. The second-order valence-electron chi connectivity index (χ2n) is 7.21. The van der Waals surface area contributed by atoms with Crippen LogP contribution >= 0.6 is 0 Å². The molecule has 148 valence electrons. The van der Waals surface area contributed by atoms with Crippen LogP contribution in [0.4, 0.5) is 0 Å². The molecule has 1 aliphatic heterocycles. The van der Waals surface area contributed by atoms with E-state index in [1.165, 1.54) is 19.3 Å². The van der Waals surface area contributed by atoms with Gasteiger partial charge < -0.3 is 18.9 Å². The van der Waals surface area contributed by atoms with Crippen LogP contribution in [0.15, 0.2) is 56.3 Å². The molecule has 0 amide bonds. The van der Waals surface area contributed by atoms with E-state index in [0.717, 1.165) is 36.3 Å². The van der Waals surface area contributed by atoms with E-state index in [2.05, 4.69) is 10.2 Å². The van der Waals surface area contributed by atoms with Gasteiger partial charge >= 0.3 is 5.63 Å². The van der Waals surface area contributed by atoms with Gasteiger partial charge in [0.2, 0.25) is 0 Å². The molecule has 1 atom stereocenters. The van der Waals surface area contributed by atoms with Gasteiger partial charge in [-0.1, -0.05) is 6.42 Å². The van der Waals surface area contributed by atoms with E-state index in [4.69, 9.17) is 13.6 Å². The first-order valence-electron chi connectivity index (χ1n) is 9.83. The van der Waals surface area contributed by atoms with Crippen LogP contribution in [0.5, 0.6) is 5.75 Å². The van der Waals surface area contributed by atoms with Crippen LogP contribution < -0.4 is 15.7 Å². The molecule has 1 aliphatic rings. The first-order chi connectivity index (χ1) is 13.7. The van der Waals surface area contributed by atoms with Crippen LogP contribution in [0.1, 0.15) is 36.6 Å². The molecule has 6 heteroatoms. The number of ether oxygens (including phenoxy) is 1. The lowest BCUT2D eigenvalue weighted by atomic mass is 10.1. The summed E-state index contributed by atoms with van der Waals surface area (Å²) in [6.45, 7) is 3.51. The minimum Gasteiger partial charge on any atom is -0.497 e. The molecule has 28 heavy (non-hydrogen) atoms. The molecule has 1 aromatic carbocycles. The largest absolute Gasteiger partial charge is 0.497 e. The lowest BCUT2D eigenvalue weighted by Crippen LogP contribution is -2.38. The summed E-state index contributed by atoms with van der Waals surface area (Å²) in [5.41, 5.74) is 1.11. The third kappa shape index (κ3) is 4.13. The molecule has 0 spiro atoms. The molecule has 0 bridgehead atoms. The van der Waals surface area contributed by atoms with Crippen LogP contribution in [0.3, 0.4) is 0 Å². The Kier molecular flexibility index (Phi) is 5.78. The molecule has 1 N–H and O–H groups in total. The van der Waals surface area contributed by atoms with Crippen molar-refractivity contribution < 1.29 is 13.6 Å². The zero-order valence-electron chi connectivity index (χ0n) is 16.1. The van der Waals surface area contributed by atoms with Gasteiger partial charge in [-0.05, 0) is 55.8 Å². The minimum absolute atomic E-state index is 0.196. The van der Waals surface area contributed by atoms with Crippen molar-refractivity contribution in [1.29, 1.82) is 0 Å². The minimum atomic E-state index is -0.351. The Morgan fingerprint density at radius 3 is 2.79 bits per heavy atom. The summed E-state index contributed by atoms with van der Waals surface area (Å²) in [6.07, 6.45) is 5.48. The van der Waals surface area contributed by atoms with Crippen LogP contribution in [0.2, 0.25) is 0 Å². The van der Waals surface area contributed by atoms with Gasteiger partial charge in [0.15, 0.2) is 0 Å².